The highest BCUT2D eigenvalue weighted by Gasteiger charge is 2.37. The molecule has 1 aliphatic rings. The van der Waals surface area contributed by atoms with Gasteiger partial charge in [0.05, 0.1) is 6.04 Å². The molecule has 0 aromatic heterocycles. The molecule has 4 atom stereocenters. The summed E-state index contributed by atoms with van der Waals surface area (Å²) in [6.07, 6.45) is 2.82. The van der Waals surface area contributed by atoms with Crippen LogP contribution in [0.1, 0.15) is 39.0 Å². The van der Waals surface area contributed by atoms with Gasteiger partial charge in [-0.2, -0.15) is 11.8 Å². The topological polar surface area (TPSA) is 179 Å². The van der Waals surface area contributed by atoms with Crippen molar-refractivity contribution in [1.29, 1.82) is 0 Å². The van der Waals surface area contributed by atoms with E-state index >= 15 is 0 Å². The summed E-state index contributed by atoms with van der Waals surface area (Å²) in [6, 6.07) is -3.88. The molecule has 3 amide bonds. The zero-order valence-electron chi connectivity index (χ0n) is 17.1. The number of hydrogen-bond donors (Lipinski definition) is 5. The van der Waals surface area contributed by atoms with E-state index in [0.717, 1.165) is 0 Å². The minimum absolute atomic E-state index is 0.0369. The van der Waals surface area contributed by atoms with Crippen molar-refractivity contribution in [3.8, 4) is 0 Å². The lowest BCUT2D eigenvalue weighted by molar-refractivity contribution is -0.143. The van der Waals surface area contributed by atoms with E-state index in [-0.39, 0.29) is 12.8 Å². The van der Waals surface area contributed by atoms with Crippen LogP contribution < -0.4 is 16.4 Å². The van der Waals surface area contributed by atoms with Gasteiger partial charge in [0.1, 0.15) is 18.1 Å². The highest BCUT2D eigenvalue weighted by Crippen LogP contribution is 2.19. The van der Waals surface area contributed by atoms with E-state index in [1.165, 1.54) is 23.6 Å². The van der Waals surface area contributed by atoms with Crippen LogP contribution in [0, 0.1) is 0 Å². The van der Waals surface area contributed by atoms with Gasteiger partial charge in [-0.1, -0.05) is 0 Å². The molecular weight excluding hydrogens is 416 g/mol. The number of nitrogens with one attached hydrogen (secondary N) is 2. The van der Waals surface area contributed by atoms with Gasteiger partial charge in [-0.15, -0.1) is 0 Å². The van der Waals surface area contributed by atoms with Crippen molar-refractivity contribution in [3.05, 3.63) is 0 Å². The summed E-state index contributed by atoms with van der Waals surface area (Å²) in [4.78, 5) is 60.8. The maximum Gasteiger partial charge on any atom is 0.325 e. The van der Waals surface area contributed by atoms with E-state index in [1.54, 1.807) is 0 Å². The zero-order valence-corrected chi connectivity index (χ0v) is 17.9. The first-order valence-electron chi connectivity index (χ1n) is 9.68. The van der Waals surface area contributed by atoms with E-state index in [2.05, 4.69) is 10.6 Å². The Morgan fingerprint density at radius 1 is 1.17 bits per heavy atom. The van der Waals surface area contributed by atoms with Gasteiger partial charge in [-0.3, -0.25) is 24.0 Å². The number of carboxylic acid groups (broad SMARTS) is 2. The van der Waals surface area contributed by atoms with Crippen molar-refractivity contribution in [1.82, 2.24) is 15.5 Å². The number of carbonyl (C=O) groups is 5. The molecule has 1 heterocycles. The summed E-state index contributed by atoms with van der Waals surface area (Å²) < 4.78 is 0. The van der Waals surface area contributed by atoms with E-state index in [4.69, 9.17) is 15.9 Å². The van der Waals surface area contributed by atoms with Crippen LogP contribution in [0.5, 0.6) is 0 Å². The second-order valence-corrected chi connectivity index (χ2v) is 8.13. The molecule has 0 aromatic rings. The van der Waals surface area contributed by atoms with Crippen molar-refractivity contribution in [3.63, 3.8) is 0 Å². The monoisotopic (exact) mass is 446 g/mol. The number of likely N-dealkylation sites (tertiary alicyclic amines) is 1. The van der Waals surface area contributed by atoms with E-state index in [9.17, 15) is 24.0 Å². The number of hydrogen-bond acceptors (Lipinski definition) is 7. The quantitative estimate of drug-likeness (QED) is 0.251. The smallest absolute Gasteiger partial charge is 0.325 e. The number of aliphatic carboxylic acids is 2. The molecule has 0 saturated carbocycles. The molecule has 4 unspecified atom stereocenters. The summed E-state index contributed by atoms with van der Waals surface area (Å²) in [5.74, 6) is -3.32. The van der Waals surface area contributed by atoms with E-state index in [1.807, 2.05) is 6.26 Å². The molecule has 11 nitrogen and oxygen atoms in total. The molecular formula is C18H30N4O7S. The molecule has 12 heteroatoms. The molecule has 30 heavy (non-hydrogen) atoms. The fourth-order valence-corrected chi connectivity index (χ4v) is 3.54. The minimum Gasteiger partial charge on any atom is -0.481 e. The molecule has 0 bridgehead atoms. The summed E-state index contributed by atoms with van der Waals surface area (Å²) >= 11 is 1.47. The maximum atomic E-state index is 12.8. The van der Waals surface area contributed by atoms with Crippen molar-refractivity contribution in [2.75, 3.05) is 18.6 Å². The minimum atomic E-state index is -1.19. The SMILES string of the molecule is CSCCC(NC(=O)C1CCCN1C(=O)C(N)CCC(=O)O)C(=O)NC(C)C(=O)O. The van der Waals surface area contributed by atoms with Crippen LogP contribution in [0.4, 0.5) is 0 Å². The first kappa shape index (κ1) is 25.7. The Labute approximate surface area is 179 Å². The van der Waals surface area contributed by atoms with Crippen molar-refractivity contribution >= 4 is 41.4 Å². The van der Waals surface area contributed by atoms with Crippen molar-refractivity contribution in [2.45, 2.75) is 63.2 Å². The largest absolute Gasteiger partial charge is 0.481 e. The maximum absolute atomic E-state index is 12.8. The van der Waals surface area contributed by atoms with Gasteiger partial charge in [-0.05, 0) is 44.6 Å². The summed E-state index contributed by atoms with van der Waals surface area (Å²) in [5, 5.41) is 22.7. The normalized spacial score (nSPS) is 18.9. The third-order valence-corrected chi connectivity index (χ3v) is 5.44. The average Bonchev–Trinajstić information content (AvgIpc) is 3.18. The Morgan fingerprint density at radius 2 is 1.83 bits per heavy atom. The van der Waals surface area contributed by atoms with Gasteiger partial charge in [0.25, 0.3) is 0 Å². The number of nitrogens with zero attached hydrogens (tertiary/aromatic N) is 1. The molecule has 1 fully saturated rings. The third kappa shape index (κ3) is 7.82. The zero-order chi connectivity index (χ0) is 22.8. The van der Waals surface area contributed by atoms with E-state index < -0.39 is 53.8 Å². The molecule has 170 valence electrons. The number of carboxylic acids is 2. The van der Waals surface area contributed by atoms with Gasteiger partial charge < -0.3 is 31.5 Å². The Bertz CT molecular complexity index is 660. The molecule has 1 saturated heterocycles. The van der Waals surface area contributed by atoms with Crippen LogP contribution >= 0.6 is 11.8 Å². The lowest BCUT2D eigenvalue weighted by Gasteiger charge is -2.28. The van der Waals surface area contributed by atoms with Gasteiger partial charge in [0.15, 0.2) is 0 Å². The van der Waals surface area contributed by atoms with E-state index in [0.29, 0.717) is 31.6 Å². The fourth-order valence-electron chi connectivity index (χ4n) is 3.07. The predicted molar refractivity (Wildman–Crippen MR) is 110 cm³/mol. The van der Waals surface area contributed by atoms with Crippen LogP contribution in [0.25, 0.3) is 0 Å². The Kier molecular flexibility index (Phi) is 10.6. The van der Waals surface area contributed by atoms with Crippen LogP contribution in [0.15, 0.2) is 0 Å². The second-order valence-electron chi connectivity index (χ2n) is 7.14. The second kappa shape index (κ2) is 12.4. The van der Waals surface area contributed by atoms with Crippen LogP contribution in [-0.2, 0) is 24.0 Å². The molecule has 6 N–H and O–H groups in total. The molecule has 0 aliphatic carbocycles. The average molecular weight is 447 g/mol. The molecule has 1 rings (SSSR count). The van der Waals surface area contributed by atoms with Gasteiger partial charge in [0, 0.05) is 13.0 Å². The highest BCUT2D eigenvalue weighted by atomic mass is 32.2. The number of carbonyl (C=O) groups excluding carboxylic acids is 3. The Morgan fingerprint density at radius 3 is 2.40 bits per heavy atom. The number of thioether (sulfide) groups is 1. The summed E-state index contributed by atoms with van der Waals surface area (Å²) in [5.41, 5.74) is 5.80. The van der Waals surface area contributed by atoms with Gasteiger partial charge in [-0.25, -0.2) is 0 Å². The van der Waals surface area contributed by atoms with Crippen LogP contribution in [0.3, 0.4) is 0 Å². The standard InChI is InChI=1S/C18H30N4O7S/c1-10(18(28)29)20-15(25)12(7-9-30-2)21-16(26)13-4-3-8-22(13)17(27)11(19)5-6-14(23)24/h10-13H,3-9,19H2,1-2H3,(H,20,25)(H,21,26)(H,23,24)(H,28,29). The van der Waals surface area contributed by atoms with Gasteiger partial charge >= 0.3 is 11.9 Å². The lowest BCUT2D eigenvalue weighted by atomic mass is 10.1. The summed E-state index contributed by atoms with van der Waals surface area (Å²) in [7, 11) is 0. The fraction of sp³-hybridized carbons (Fsp3) is 0.722. The van der Waals surface area contributed by atoms with Crippen molar-refractivity contribution < 1.29 is 34.2 Å². The molecule has 0 radical (unpaired) electrons. The van der Waals surface area contributed by atoms with Crippen LogP contribution in [0.2, 0.25) is 0 Å². The predicted octanol–water partition coefficient (Wildman–Crippen LogP) is -1.00. The Hall–Kier alpha value is -2.34. The first-order valence-corrected chi connectivity index (χ1v) is 11.1. The lowest BCUT2D eigenvalue weighted by Crippen LogP contribution is -2.56. The molecule has 0 spiro atoms. The first-order chi connectivity index (χ1) is 14.1. The van der Waals surface area contributed by atoms with Crippen LogP contribution in [-0.4, -0.2) is 87.5 Å². The van der Waals surface area contributed by atoms with Crippen molar-refractivity contribution in [2.24, 2.45) is 5.73 Å². The van der Waals surface area contributed by atoms with Gasteiger partial charge in [0.2, 0.25) is 17.7 Å². The molecule has 0 aromatic carbocycles. The molecule has 1 aliphatic heterocycles. The Balaban J connectivity index is 2.80. The number of rotatable bonds is 12. The highest BCUT2D eigenvalue weighted by molar-refractivity contribution is 7.98. The summed E-state index contributed by atoms with van der Waals surface area (Å²) in [6.45, 7) is 1.64. The number of amides is 3. The third-order valence-electron chi connectivity index (χ3n) is 4.80. The number of nitrogens with two attached hydrogens (primary N) is 1.